The molecule has 0 saturated carbocycles. The number of hydrogen-bond donors (Lipinski definition) is 3. The average molecular weight is 305 g/mol. The Labute approximate surface area is 128 Å². The van der Waals surface area contributed by atoms with Crippen molar-refractivity contribution in [3.05, 3.63) is 35.1 Å². The van der Waals surface area contributed by atoms with Gasteiger partial charge in [-0.15, -0.1) is 0 Å². The van der Waals surface area contributed by atoms with Crippen LogP contribution >= 0.6 is 0 Å². The highest BCUT2D eigenvalue weighted by Crippen LogP contribution is 2.42. The van der Waals surface area contributed by atoms with Crippen LogP contribution in [0.2, 0.25) is 0 Å². The molecule has 0 aromatic heterocycles. The number of hydrogen-bond acceptors (Lipinski definition) is 5. The zero-order chi connectivity index (χ0) is 16.6. The Bertz CT molecular complexity index is 663. The van der Waals surface area contributed by atoms with Crippen LogP contribution in [0.4, 0.5) is 0 Å². The van der Waals surface area contributed by atoms with E-state index in [1.807, 2.05) is 13.8 Å². The van der Waals surface area contributed by atoms with Gasteiger partial charge in [-0.3, -0.25) is 9.59 Å². The topological polar surface area (TPSA) is 98.1 Å². The standard InChI is InChI=1S/C16H19NO5/c1-8(2)7-17-14(11-5-4-10(19)6-12(11)20)13(9(3)18)15(21)16(17)22/h4-6,8,14,19-21H,7H2,1-3H3. The van der Waals surface area contributed by atoms with Gasteiger partial charge in [0.05, 0.1) is 11.6 Å². The van der Waals surface area contributed by atoms with Crippen LogP contribution in [0, 0.1) is 5.92 Å². The van der Waals surface area contributed by atoms with Crippen molar-refractivity contribution in [2.75, 3.05) is 6.54 Å². The lowest BCUT2D eigenvalue weighted by molar-refractivity contribution is -0.129. The summed E-state index contributed by atoms with van der Waals surface area (Å²) in [6, 6.07) is 3.09. The zero-order valence-corrected chi connectivity index (χ0v) is 12.7. The van der Waals surface area contributed by atoms with Gasteiger partial charge in [-0.2, -0.15) is 0 Å². The number of carbonyl (C=O) groups is 2. The number of ketones is 1. The molecule has 1 aliphatic rings. The Morgan fingerprint density at radius 3 is 2.41 bits per heavy atom. The lowest BCUT2D eigenvalue weighted by Crippen LogP contribution is -2.34. The first-order valence-electron chi connectivity index (χ1n) is 7.01. The molecule has 0 spiro atoms. The summed E-state index contributed by atoms with van der Waals surface area (Å²) in [6.07, 6.45) is 0. The summed E-state index contributed by atoms with van der Waals surface area (Å²) >= 11 is 0. The number of carbonyl (C=O) groups excluding carboxylic acids is 2. The predicted octanol–water partition coefficient (Wildman–Crippen LogP) is 2.04. The second-order valence-electron chi connectivity index (χ2n) is 5.82. The van der Waals surface area contributed by atoms with E-state index < -0.39 is 23.5 Å². The van der Waals surface area contributed by atoms with Crippen LogP contribution < -0.4 is 0 Å². The number of aromatic hydroxyl groups is 2. The maximum Gasteiger partial charge on any atom is 0.290 e. The first-order chi connectivity index (χ1) is 10.2. The van der Waals surface area contributed by atoms with Gasteiger partial charge in [0.25, 0.3) is 5.91 Å². The Morgan fingerprint density at radius 2 is 1.91 bits per heavy atom. The number of aliphatic hydroxyl groups is 1. The molecule has 1 aromatic rings. The van der Waals surface area contributed by atoms with Crippen LogP contribution in [0.3, 0.4) is 0 Å². The number of phenolic OH excluding ortho intramolecular Hbond substituents is 2. The molecule has 3 N–H and O–H groups in total. The quantitative estimate of drug-likeness (QED) is 0.790. The molecule has 0 saturated heterocycles. The van der Waals surface area contributed by atoms with Gasteiger partial charge in [0.1, 0.15) is 11.5 Å². The summed E-state index contributed by atoms with van der Waals surface area (Å²) in [5.41, 5.74) is 0.257. The van der Waals surface area contributed by atoms with Crippen molar-refractivity contribution in [3.8, 4) is 11.5 Å². The van der Waals surface area contributed by atoms with Crippen LogP contribution in [-0.4, -0.2) is 38.5 Å². The lowest BCUT2D eigenvalue weighted by Gasteiger charge is -2.28. The fourth-order valence-electron chi connectivity index (χ4n) is 2.68. The lowest BCUT2D eigenvalue weighted by atomic mass is 9.95. The molecule has 1 aromatic carbocycles. The van der Waals surface area contributed by atoms with Crippen molar-refractivity contribution in [2.24, 2.45) is 5.92 Å². The SMILES string of the molecule is CC(=O)C1=C(O)C(=O)N(CC(C)C)C1c1ccc(O)cc1O. The van der Waals surface area contributed by atoms with Crippen LogP contribution in [0.15, 0.2) is 29.5 Å². The van der Waals surface area contributed by atoms with E-state index in [0.717, 1.165) is 6.07 Å². The molecule has 22 heavy (non-hydrogen) atoms. The zero-order valence-electron chi connectivity index (χ0n) is 12.7. The first-order valence-corrected chi connectivity index (χ1v) is 7.01. The molecule has 1 atom stereocenters. The first kappa shape index (κ1) is 15.9. The summed E-state index contributed by atoms with van der Waals surface area (Å²) in [5.74, 6) is -1.89. The summed E-state index contributed by atoms with van der Waals surface area (Å²) in [5, 5.41) is 29.5. The van der Waals surface area contributed by atoms with E-state index >= 15 is 0 Å². The molecule has 0 aliphatic carbocycles. The van der Waals surface area contributed by atoms with Crippen LogP contribution in [0.25, 0.3) is 0 Å². The maximum atomic E-state index is 12.3. The van der Waals surface area contributed by atoms with E-state index in [2.05, 4.69) is 0 Å². The van der Waals surface area contributed by atoms with E-state index in [9.17, 15) is 24.9 Å². The van der Waals surface area contributed by atoms with Gasteiger partial charge in [-0.05, 0) is 25.0 Å². The van der Waals surface area contributed by atoms with E-state index in [0.29, 0.717) is 12.1 Å². The maximum absolute atomic E-state index is 12.3. The molecule has 1 heterocycles. The summed E-state index contributed by atoms with van der Waals surface area (Å²) < 4.78 is 0. The van der Waals surface area contributed by atoms with E-state index in [1.54, 1.807) is 0 Å². The molecule has 0 radical (unpaired) electrons. The minimum Gasteiger partial charge on any atom is -0.508 e. The smallest absolute Gasteiger partial charge is 0.290 e. The summed E-state index contributed by atoms with van der Waals surface area (Å²) in [6.45, 7) is 5.40. The molecule has 118 valence electrons. The van der Waals surface area contributed by atoms with Crippen molar-refractivity contribution in [1.29, 1.82) is 0 Å². The van der Waals surface area contributed by atoms with Gasteiger partial charge >= 0.3 is 0 Å². The fourth-order valence-corrected chi connectivity index (χ4v) is 2.68. The fraction of sp³-hybridized carbons (Fsp3) is 0.375. The number of rotatable bonds is 4. The van der Waals surface area contributed by atoms with Crippen molar-refractivity contribution >= 4 is 11.7 Å². The minimum absolute atomic E-state index is 0.0355. The molecule has 0 bridgehead atoms. The number of amides is 1. The van der Waals surface area contributed by atoms with Crippen molar-refractivity contribution in [1.82, 2.24) is 4.90 Å². The second kappa shape index (κ2) is 5.71. The molecular weight excluding hydrogens is 286 g/mol. The van der Waals surface area contributed by atoms with Crippen LogP contribution in [0.5, 0.6) is 11.5 Å². The highest BCUT2D eigenvalue weighted by atomic mass is 16.3. The highest BCUT2D eigenvalue weighted by Gasteiger charge is 2.43. The third-order valence-electron chi connectivity index (χ3n) is 3.55. The van der Waals surface area contributed by atoms with Gasteiger partial charge in [0.2, 0.25) is 0 Å². The highest BCUT2D eigenvalue weighted by molar-refractivity contribution is 6.08. The normalized spacial score (nSPS) is 18.5. The monoisotopic (exact) mass is 305 g/mol. The third-order valence-corrected chi connectivity index (χ3v) is 3.55. The molecule has 6 nitrogen and oxygen atoms in total. The Kier molecular flexibility index (Phi) is 4.12. The van der Waals surface area contributed by atoms with Gasteiger partial charge in [0.15, 0.2) is 11.5 Å². The minimum atomic E-state index is -0.854. The number of aliphatic hydroxyl groups excluding tert-OH is 1. The number of phenols is 2. The second-order valence-corrected chi connectivity index (χ2v) is 5.82. The van der Waals surface area contributed by atoms with Gasteiger partial charge in [0, 0.05) is 18.2 Å². The Hall–Kier alpha value is -2.50. The van der Waals surface area contributed by atoms with E-state index in [4.69, 9.17) is 0 Å². The van der Waals surface area contributed by atoms with E-state index in [1.165, 1.54) is 24.0 Å². The van der Waals surface area contributed by atoms with Gasteiger partial charge in [-0.25, -0.2) is 0 Å². The van der Waals surface area contributed by atoms with Crippen LogP contribution in [-0.2, 0) is 9.59 Å². The number of Topliss-reactive ketones (excluding diaryl/α,β-unsaturated/α-hetero) is 1. The molecule has 2 rings (SSSR count). The molecule has 1 unspecified atom stereocenters. The van der Waals surface area contributed by atoms with Gasteiger partial charge < -0.3 is 20.2 Å². The summed E-state index contributed by atoms with van der Waals surface area (Å²) in [4.78, 5) is 25.5. The Balaban J connectivity index is 2.59. The third kappa shape index (κ3) is 2.64. The van der Waals surface area contributed by atoms with Crippen molar-refractivity contribution < 1.29 is 24.9 Å². The number of nitrogens with zero attached hydrogens (tertiary/aromatic N) is 1. The van der Waals surface area contributed by atoms with Crippen LogP contribution in [0.1, 0.15) is 32.4 Å². The van der Waals surface area contributed by atoms with Crippen molar-refractivity contribution in [2.45, 2.75) is 26.8 Å². The molecule has 1 aliphatic heterocycles. The largest absolute Gasteiger partial charge is 0.508 e. The van der Waals surface area contributed by atoms with Crippen molar-refractivity contribution in [3.63, 3.8) is 0 Å². The van der Waals surface area contributed by atoms with E-state index in [-0.39, 0.29) is 23.0 Å². The molecule has 1 amide bonds. The molecule has 0 fully saturated rings. The average Bonchev–Trinajstić information content (AvgIpc) is 2.63. The molecule has 6 heteroatoms. The molecular formula is C16H19NO5. The Morgan fingerprint density at radius 1 is 1.27 bits per heavy atom. The van der Waals surface area contributed by atoms with Gasteiger partial charge in [-0.1, -0.05) is 13.8 Å². The predicted molar refractivity (Wildman–Crippen MR) is 79.4 cm³/mol. The summed E-state index contributed by atoms with van der Waals surface area (Å²) in [7, 11) is 0. The number of benzene rings is 1.